The summed E-state index contributed by atoms with van der Waals surface area (Å²) in [5.74, 6) is 1.20. The maximum Gasteiger partial charge on any atom is 0.224 e. The summed E-state index contributed by atoms with van der Waals surface area (Å²) >= 11 is 0. The number of hydrogen-bond donors (Lipinski definition) is 1. The van der Waals surface area contributed by atoms with Gasteiger partial charge in [0.25, 0.3) is 0 Å². The van der Waals surface area contributed by atoms with Crippen LogP contribution in [-0.4, -0.2) is 40.4 Å². The number of nitrogens with one attached hydrogen (secondary N) is 1. The van der Waals surface area contributed by atoms with Crippen LogP contribution in [0.2, 0.25) is 0 Å². The highest BCUT2D eigenvalue weighted by atomic mass is 16.2. The molecule has 3 rings (SSSR count). The molecule has 1 fully saturated rings. The van der Waals surface area contributed by atoms with Gasteiger partial charge in [0.05, 0.1) is 0 Å². The summed E-state index contributed by atoms with van der Waals surface area (Å²) in [6.07, 6.45) is 10.3. The van der Waals surface area contributed by atoms with Crippen LogP contribution in [0.25, 0.3) is 0 Å². The number of carbonyl (C=O) groups excluding carboxylic acids is 1. The van der Waals surface area contributed by atoms with Crippen molar-refractivity contribution in [3.05, 3.63) is 17.6 Å². The molecular formula is C16H24N4O. The summed E-state index contributed by atoms with van der Waals surface area (Å²) in [5.41, 5.74) is 2.46. The Labute approximate surface area is 126 Å². The van der Waals surface area contributed by atoms with Gasteiger partial charge in [0, 0.05) is 37.3 Å². The van der Waals surface area contributed by atoms with E-state index in [-0.39, 0.29) is 5.91 Å². The minimum absolute atomic E-state index is 0.264. The average Bonchev–Trinajstić information content (AvgIpc) is 2.93. The highest BCUT2D eigenvalue weighted by molar-refractivity contribution is 5.77. The van der Waals surface area contributed by atoms with Crippen LogP contribution < -0.4 is 5.32 Å². The van der Waals surface area contributed by atoms with E-state index in [1.165, 1.54) is 30.5 Å². The molecule has 2 heterocycles. The van der Waals surface area contributed by atoms with Crippen LogP contribution in [0.4, 0.5) is 5.82 Å². The van der Waals surface area contributed by atoms with Crippen molar-refractivity contribution >= 4 is 11.7 Å². The lowest BCUT2D eigenvalue weighted by atomic mass is 10.1. The molecular weight excluding hydrogens is 264 g/mol. The molecule has 1 aliphatic carbocycles. The molecule has 1 aromatic rings. The monoisotopic (exact) mass is 288 g/mol. The molecule has 0 saturated carbocycles. The normalized spacial score (nSPS) is 18.2. The number of carbonyl (C=O) groups is 1. The number of amides is 1. The van der Waals surface area contributed by atoms with Gasteiger partial charge >= 0.3 is 0 Å². The van der Waals surface area contributed by atoms with Crippen LogP contribution in [0.1, 0.15) is 49.8 Å². The molecule has 5 nitrogen and oxygen atoms in total. The second-order valence-corrected chi connectivity index (χ2v) is 5.97. The summed E-state index contributed by atoms with van der Waals surface area (Å²) in [7, 11) is 0. The predicted octanol–water partition coefficient (Wildman–Crippen LogP) is 2.17. The van der Waals surface area contributed by atoms with E-state index >= 15 is 0 Å². The Morgan fingerprint density at radius 3 is 2.76 bits per heavy atom. The standard InChI is InChI=1S/C16H24N4O/c21-15(20-10-4-5-11-20)8-9-17-16-13-6-2-1-3-7-14(13)18-12-19-16/h12H,1-11H2,(H,17,18,19). The van der Waals surface area contributed by atoms with Crippen LogP contribution >= 0.6 is 0 Å². The lowest BCUT2D eigenvalue weighted by molar-refractivity contribution is -0.129. The van der Waals surface area contributed by atoms with Crippen molar-refractivity contribution in [2.45, 2.75) is 51.4 Å². The van der Waals surface area contributed by atoms with Gasteiger partial charge < -0.3 is 10.2 Å². The SMILES string of the molecule is O=C(CCNc1ncnc2c1CCCCC2)N1CCCC1. The molecule has 1 amide bonds. The van der Waals surface area contributed by atoms with Crippen LogP contribution in [-0.2, 0) is 17.6 Å². The maximum absolute atomic E-state index is 12.0. The van der Waals surface area contributed by atoms with Crippen molar-refractivity contribution in [2.24, 2.45) is 0 Å². The molecule has 0 aromatic carbocycles. The van der Waals surface area contributed by atoms with Gasteiger partial charge in [-0.1, -0.05) is 6.42 Å². The van der Waals surface area contributed by atoms with Crippen molar-refractivity contribution in [1.29, 1.82) is 0 Å². The summed E-state index contributed by atoms with van der Waals surface area (Å²) in [6.45, 7) is 2.53. The summed E-state index contributed by atoms with van der Waals surface area (Å²) in [6, 6.07) is 0. The number of nitrogens with zero attached hydrogens (tertiary/aromatic N) is 3. The van der Waals surface area contributed by atoms with E-state index in [1.807, 2.05) is 4.90 Å². The smallest absolute Gasteiger partial charge is 0.224 e. The highest BCUT2D eigenvalue weighted by Crippen LogP contribution is 2.23. The molecule has 2 aliphatic rings. The van der Waals surface area contributed by atoms with E-state index in [1.54, 1.807) is 6.33 Å². The number of anilines is 1. The number of fused-ring (bicyclic) bond motifs is 1. The van der Waals surface area contributed by atoms with Gasteiger partial charge in [0.15, 0.2) is 0 Å². The Bertz CT molecular complexity index is 497. The molecule has 0 spiro atoms. The number of hydrogen-bond acceptors (Lipinski definition) is 4. The topological polar surface area (TPSA) is 58.1 Å². The van der Waals surface area contributed by atoms with E-state index in [4.69, 9.17) is 0 Å². The number of aromatic nitrogens is 2. The fourth-order valence-electron chi connectivity index (χ4n) is 3.26. The fourth-order valence-corrected chi connectivity index (χ4v) is 3.26. The number of likely N-dealkylation sites (tertiary alicyclic amines) is 1. The van der Waals surface area contributed by atoms with E-state index in [0.717, 1.165) is 44.6 Å². The molecule has 0 unspecified atom stereocenters. The van der Waals surface area contributed by atoms with Gasteiger partial charge in [-0.3, -0.25) is 4.79 Å². The van der Waals surface area contributed by atoms with E-state index in [2.05, 4.69) is 15.3 Å². The molecule has 0 atom stereocenters. The zero-order valence-corrected chi connectivity index (χ0v) is 12.6. The van der Waals surface area contributed by atoms with Crippen LogP contribution in [0, 0.1) is 0 Å². The lowest BCUT2D eigenvalue weighted by Gasteiger charge is -2.16. The Morgan fingerprint density at radius 1 is 1.10 bits per heavy atom. The average molecular weight is 288 g/mol. The molecule has 21 heavy (non-hydrogen) atoms. The van der Waals surface area contributed by atoms with Gasteiger partial charge in [0.1, 0.15) is 12.1 Å². The minimum Gasteiger partial charge on any atom is -0.369 e. The van der Waals surface area contributed by atoms with Gasteiger partial charge in [0.2, 0.25) is 5.91 Å². The quantitative estimate of drug-likeness (QED) is 0.863. The molecule has 0 radical (unpaired) electrons. The Kier molecular flexibility index (Phi) is 4.68. The third kappa shape index (κ3) is 3.52. The summed E-state index contributed by atoms with van der Waals surface area (Å²) < 4.78 is 0. The third-order valence-corrected chi connectivity index (χ3v) is 4.47. The molecule has 114 valence electrons. The van der Waals surface area contributed by atoms with Crippen molar-refractivity contribution in [3.8, 4) is 0 Å². The minimum atomic E-state index is 0.264. The maximum atomic E-state index is 12.0. The molecule has 5 heteroatoms. The molecule has 0 bridgehead atoms. The third-order valence-electron chi connectivity index (χ3n) is 4.47. The second kappa shape index (κ2) is 6.87. The first-order chi connectivity index (χ1) is 10.3. The first kappa shape index (κ1) is 14.3. The van der Waals surface area contributed by atoms with Gasteiger partial charge in [-0.15, -0.1) is 0 Å². The fraction of sp³-hybridized carbons (Fsp3) is 0.688. The first-order valence-electron chi connectivity index (χ1n) is 8.19. The van der Waals surface area contributed by atoms with Gasteiger partial charge in [-0.2, -0.15) is 0 Å². The van der Waals surface area contributed by atoms with Crippen molar-refractivity contribution in [3.63, 3.8) is 0 Å². The van der Waals surface area contributed by atoms with Crippen molar-refractivity contribution in [1.82, 2.24) is 14.9 Å². The Balaban J connectivity index is 1.56. The van der Waals surface area contributed by atoms with Gasteiger partial charge in [-0.25, -0.2) is 9.97 Å². The zero-order chi connectivity index (χ0) is 14.5. The van der Waals surface area contributed by atoms with E-state index < -0.39 is 0 Å². The molecule has 1 aliphatic heterocycles. The first-order valence-corrected chi connectivity index (χ1v) is 8.19. The summed E-state index contributed by atoms with van der Waals surface area (Å²) in [4.78, 5) is 22.8. The summed E-state index contributed by atoms with van der Waals surface area (Å²) in [5, 5.41) is 3.36. The number of rotatable bonds is 4. The van der Waals surface area contributed by atoms with Crippen molar-refractivity contribution in [2.75, 3.05) is 25.0 Å². The van der Waals surface area contributed by atoms with E-state index in [9.17, 15) is 4.79 Å². The largest absolute Gasteiger partial charge is 0.369 e. The van der Waals surface area contributed by atoms with Crippen LogP contribution in [0.15, 0.2) is 6.33 Å². The highest BCUT2D eigenvalue weighted by Gasteiger charge is 2.18. The molecule has 1 aromatic heterocycles. The Morgan fingerprint density at radius 2 is 1.90 bits per heavy atom. The number of aryl methyl sites for hydroxylation is 1. The molecule has 1 saturated heterocycles. The van der Waals surface area contributed by atoms with Crippen molar-refractivity contribution < 1.29 is 4.79 Å². The Hall–Kier alpha value is -1.65. The van der Waals surface area contributed by atoms with Crippen LogP contribution in [0.5, 0.6) is 0 Å². The molecule has 1 N–H and O–H groups in total. The van der Waals surface area contributed by atoms with E-state index in [0.29, 0.717) is 13.0 Å². The predicted molar refractivity (Wildman–Crippen MR) is 82.2 cm³/mol. The lowest BCUT2D eigenvalue weighted by Crippen LogP contribution is -2.29. The zero-order valence-electron chi connectivity index (χ0n) is 12.6. The van der Waals surface area contributed by atoms with Gasteiger partial charge in [-0.05, 0) is 38.5 Å². The second-order valence-electron chi connectivity index (χ2n) is 5.97. The van der Waals surface area contributed by atoms with Crippen LogP contribution in [0.3, 0.4) is 0 Å².